The molecule has 0 aliphatic carbocycles. The Morgan fingerprint density at radius 2 is 1.17 bits per heavy atom. The van der Waals surface area contributed by atoms with Gasteiger partial charge < -0.3 is 18.8 Å². The minimum atomic E-state index is 0.802. The fraction of sp³-hybridized carbons (Fsp3) is 0.409. The van der Waals surface area contributed by atoms with Gasteiger partial charge in [-0.05, 0) is 52.6 Å². The SMILES string of the molecule is C=CC(C=Cc1ccc(N(C)CCC[N+](C)(C)C)cc1)=CC=NCCSSCC[n+]1ccc(C=Cc2ccc(N(C)CCC[N+](C)(C)C)cc2)cc1. The number of benzene rings is 2. The molecule has 0 aliphatic rings. The lowest BCUT2D eigenvalue weighted by Gasteiger charge is -2.26. The van der Waals surface area contributed by atoms with Crippen molar-refractivity contribution in [1.29, 1.82) is 0 Å². The normalized spacial score (nSPS) is 12.7. The maximum Gasteiger partial charge on any atom is 0.169 e. The van der Waals surface area contributed by atoms with Gasteiger partial charge in [0.25, 0.3) is 0 Å². The van der Waals surface area contributed by atoms with Crippen LogP contribution in [0, 0.1) is 0 Å². The van der Waals surface area contributed by atoms with Crippen molar-refractivity contribution in [3.63, 3.8) is 0 Å². The van der Waals surface area contributed by atoms with E-state index in [4.69, 9.17) is 0 Å². The van der Waals surface area contributed by atoms with Crippen LogP contribution in [0.1, 0.15) is 29.5 Å². The van der Waals surface area contributed by atoms with Crippen LogP contribution in [0.5, 0.6) is 0 Å². The van der Waals surface area contributed by atoms with Crippen LogP contribution in [0.4, 0.5) is 11.4 Å². The van der Waals surface area contributed by atoms with E-state index in [2.05, 4.69) is 180 Å². The van der Waals surface area contributed by atoms with E-state index in [9.17, 15) is 0 Å². The summed E-state index contributed by atoms with van der Waals surface area (Å²) in [5, 5.41) is 0. The first-order valence-corrected chi connectivity index (χ1v) is 21.0. The highest BCUT2D eigenvalue weighted by Gasteiger charge is 2.09. The zero-order valence-corrected chi connectivity index (χ0v) is 34.9. The lowest BCUT2D eigenvalue weighted by atomic mass is 10.1. The summed E-state index contributed by atoms with van der Waals surface area (Å²) in [6, 6.07) is 22.0. The molecule has 3 rings (SSSR count). The molecule has 0 bridgehead atoms. The molecule has 280 valence electrons. The number of nitrogens with zero attached hydrogens (tertiary/aromatic N) is 6. The minimum absolute atomic E-state index is 0.802. The molecule has 0 atom stereocenters. The lowest BCUT2D eigenvalue weighted by Crippen LogP contribution is -2.37. The van der Waals surface area contributed by atoms with Crippen molar-refractivity contribution in [2.75, 3.05) is 110 Å². The van der Waals surface area contributed by atoms with E-state index in [0.717, 1.165) is 52.2 Å². The minimum Gasteiger partial charge on any atom is -0.374 e. The third-order valence-electron chi connectivity index (χ3n) is 8.59. The molecule has 1 heterocycles. The summed E-state index contributed by atoms with van der Waals surface area (Å²) in [5.74, 6) is 2.05. The molecule has 3 aromatic rings. The first kappa shape index (κ1) is 42.8. The fourth-order valence-corrected chi connectivity index (χ4v) is 7.23. The fourth-order valence-electron chi connectivity index (χ4n) is 5.37. The van der Waals surface area contributed by atoms with E-state index in [0.29, 0.717) is 0 Å². The average molecular weight is 742 g/mol. The number of pyridine rings is 1. The predicted molar refractivity (Wildman–Crippen MR) is 236 cm³/mol. The average Bonchev–Trinajstić information content (AvgIpc) is 3.11. The van der Waals surface area contributed by atoms with Gasteiger partial charge in [0.2, 0.25) is 0 Å². The van der Waals surface area contributed by atoms with Gasteiger partial charge in [-0.25, -0.2) is 4.57 Å². The van der Waals surface area contributed by atoms with Gasteiger partial charge in [-0.1, -0.05) is 82.8 Å². The molecule has 8 heteroatoms. The molecule has 0 spiro atoms. The summed E-state index contributed by atoms with van der Waals surface area (Å²) in [6.07, 6.45) is 21.1. The summed E-state index contributed by atoms with van der Waals surface area (Å²) in [7, 11) is 21.6. The molecule has 6 nitrogen and oxygen atoms in total. The Morgan fingerprint density at radius 3 is 1.67 bits per heavy atom. The van der Waals surface area contributed by atoms with Crippen molar-refractivity contribution >= 4 is 57.4 Å². The van der Waals surface area contributed by atoms with Crippen molar-refractivity contribution in [3.05, 3.63) is 120 Å². The van der Waals surface area contributed by atoms with Crippen molar-refractivity contribution < 1.29 is 13.5 Å². The van der Waals surface area contributed by atoms with Gasteiger partial charge in [0.15, 0.2) is 18.9 Å². The number of aliphatic imine (C=N–C) groups is 1. The number of hydrogen-bond acceptors (Lipinski definition) is 5. The first-order chi connectivity index (χ1) is 24.8. The Balaban J connectivity index is 1.30. The highest BCUT2D eigenvalue weighted by molar-refractivity contribution is 8.76. The Hall–Kier alpha value is -3.56. The number of rotatable bonds is 23. The maximum atomic E-state index is 4.58. The standard InChI is InChI=1S/C44H65N6S2/c1-10-39(13-14-40-17-21-43(22-18-40)46(2)30-11-35-49(4,5)6)25-28-45-29-37-51-52-38-34-48-32-26-42(27-33-48)16-15-41-19-23-44(24-20-41)47(3)31-12-36-50(7,8)9/h10,13-28,32-33H,1,11-12,29-31,34-38H2,2-9H3/q+3. The number of allylic oxidation sites excluding steroid dienone is 4. The van der Waals surface area contributed by atoms with Gasteiger partial charge in [0.05, 0.1) is 61.1 Å². The van der Waals surface area contributed by atoms with Crippen LogP contribution in [0.25, 0.3) is 18.2 Å². The second-order valence-electron chi connectivity index (χ2n) is 15.4. The third kappa shape index (κ3) is 18.3. The maximum absolute atomic E-state index is 4.58. The monoisotopic (exact) mass is 741 g/mol. The van der Waals surface area contributed by atoms with Gasteiger partial charge in [-0.15, -0.1) is 0 Å². The quantitative estimate of drug-likeness (QED) is 0.0243. The number of anilines is 2. The van der Waals surface area contributed by atoms with Crippen LogP contribution >= 0.6 is 21.6 Å². The van der Waals surface area contributed by atoms with Gasteiger partial charge >= 0.3 is 0 Å². The molecule has 52 heavy (non-hydrogen) atoms. The molecule has 1 aromatic heterocycles. The van der Waals surface area contributed by atoms with Crippen molar-refractivity contribution in [2.24, 2.45) is 4.99 Å². The van der Waals surface area contributed by atoms with E-state index >= 15 is 0 Å². The van der Waals surface area contributed by atoms with Crippen molar-refractivity contribution in [3.8, 4) is 0 Å². The number of quaternary nitrogens is 2. The van der Waals surface area contributed by atoms with Crippen LogP contribution in [-0.4, -0.2) is 116 Å². The van der Waals surface area contributed by atoms with Crippen LogP contribution < -0.4 is 14.4 Å². The Kier molecular flexibility index (Phi) is 18.5. The summed E-state index contributed by atoms with van der Waals surface area (Å²) < 4.78 is 4.26. The van der Waals surface area contributed by atoms with E-state index in [1.165, 1.54) is 54.0 Å². The van der Waals surface area contributed by atoms with Crippen LogP contribution in [-0.2, 0) is 6.54 Å². The van der Waals surface area contributed by atoms with E-state index < -0.39 is 0 Å². The Bertz CT molecular complexity index is 1580. The molecular formula is C44H65N6S2+3. The molecular weight excluding hydrogens is 677 g/mol. The molecule has 0 saturated carbocycles. The number of aromatic nitrogens is 1. The molecule has 0 fully saturated rings. The number of hydrogen-bond donors (Lipinski definition) is 0. The van der Waals surface area contributed by atoms with Gasteiger partial charge in [0, 0.05) is 82.0 Å². The highest BCUT2D eigenvalue weighted by Crippen LogP contribution is 2.20. The van der Waals surface area contributed by atoms with Crippen LogP contribution in [0.2, 0.25) is 0 Å². The Morgan fingerprint density at radius 1 is 0.692 bits per heavy atom. The van der Waals surface area contributed by atoms with Crippen LogP contribution in [0.15, 0.2) is 108 Å². The third-order valence-corrected chi connectivity index (χ3v) is 11.0. The van der Waals surface area contributed by atoms with E-state index in [1.807, 2.05) is 40.0 Å². The molecule has 0 radical (unpaired) electrons. The summed E-state index contributed by atoms with van der Waals surface area (Å²) >= 11 is 0. The highest BCUT2D eigenvalue weighted by atomic mass is 33.1. The molecule has 0 N–H and O–H groups in total. The van der Waals surface area contributed by atoms with Crippen LogP contribution in [0.3, 0.4) is 0 Å². The second kappa shape index (κ2) is 22.5. The summed E-state index contributed by atoms with van der Waals surface area (Å²) in [5.41, 5.74) is 7.17. The molecule has 0 amide bonds. The topological polar surface area (TPSA) is 22.7 Å². The lowest BCUT2D eigenvalue weighted by molar-refractivity contribution is -0.870. The van der Waals surface area contributed by atoms with Gasteiger partial charge in [0.1, 0.15) is 0 Å². The first-order valence-electron chi connectivity index (χ1n) is 18.5. The molecule has 0 unspecified atom stereocenters. The van der Waals surface area contributed by atoms with Gasteiger partial charge in [-0.2, -0.15) is 0 Å². The van der Waals surface area contributed by atoms with Gasteiger partial charge in [-0.3, -0.25) is 4.99 Å². The van der Waals surface area contributed by atoms with Crippen molar-refractivity contribution in [2.45, 2.75) is 19.4 Å². The molecule has 2 aromatic carbocycles. The molecule has 0 aliphatic heterocycles. The largest absolute Gasteiger partial charge is 0.374 e. The zero-order valence-electron chi connectivity index (χ0n) is 33.2. The summed E-state index contributed by atoms with van der Waals surface area (Å²) in [4.78, 5) is 9.26. The molecule has 0 saturated heterocycles. The van der Waals surface area contributed by atoms with E-state index in [1.54, 1.807) is 0 Å². The smallest absolute Gasteiger partial charge is 0.169 e. The predicted octanol–water partition coefficient (Wildman–Crippen LogP) is 8.49. The second-order valence-corrected chi connectivity index (χ2v) is 18.1. The van der Waals surface area contributed by atoms with E-state index in [-0.39, 0.29) is 0 Å². The van der Waals surface area contributed by atoms with Crippen molar-refractivity contribution in [1.82, 2.24) is 0 Å². The Labute approximate surface area is 324 Å². The zero-order chi connectivity index (χ0) is 37.8. The number of aryl methyl sites for hydroxylation is 1. The summed E-state index contributed by atoms with van der Waals surface area (Å²) in [6.45, 7) is 10.2.